The second kappa shape index (κ2) is 8.29. The average molecular weight is 420 g/mol. The first kappa shape index (κ1) is 20.5. The molecule has 0 amide bonds. The molecule has 1 aliphatic rings. The van der Waals surface area contributed by atoms with Gasteiger partial charge in [0.1, 0.15) is 6.10 Å². The zero-order valence-corrected chi connectivity index (χ0v) is 19.0. The van der Waals surface area contributed by atoms with E-state index in [1.54, 1.807) is 0 Å². The number of aryl methyl sites for hydroxylation is 3. The molecule has 0 aliphatic heterocycles. The summed E-state index contributed by atoms with van der Waals surface area (Å²) in [6.45, 7) is 6.53. The molecular formula is C30H29NO. The number of aliphatic hydroxyl groups is 1. The molecule has 2 heteroatoms. The lowest BCUT2D eigenvalue weighted by Gasteiger charge is -2.27. The van der Waals surface area contributed by atoms with E-state index in [4.69, 9.17) is 0 Å². The van der Waals surface area contributed by atoms with E-state index >= 15 is 0 Å². The zero-order valence-electron chi connectivity index (χ0n) is 19.0. The molecule has 1 atom stereocenters. The second-order valence-electron chi connectivity index (χ2n) is 8.79. The van der Waals surface area contributed by atoms with Gasteiger partial charge in [-0.3, -0.25) is 0 Å². The molecular weight excluding hydrogens is 390 g/mol. The fraction of sp³-hybridized carbons (Fsp3) is 0.200. The van der Waals surface area contributed by atoms with Gasteiger partial charge in [-0.25, -0.2) is 0 Å². The van der Waals surface area contributed by atoms with Crippen LogP contribution in [0, 0.1) is 13.8 Å². The van der Waals surface area contributed by atoms with Crippen LogP contribution in [-0.2, 0) is 6.42 Å². The largest absolute Gasteiger partial charge is 0.384 e. The molecule has 0 unspecified atom stereocenters. The van der Waals surface area contributed by atoms with E-state index in [0.29, 0.717) is 0 Å². The fourth-order valence-electron chi connectivity index (χ4n) is 4.79. The van der Waals surface area contributed by atoms with Gasteiger partial charge in [0.25, 0.3) is 0 Å². The van der Waals surface area contributed by atoms with Gasteiger partial charge in [0.05, 0.1) is 0 Å². The van der Waals surface area contributed by atoms with Crippen LogP contribution in [0.1, 0.15) is 47.3 Å². The Morgan fingerprint density at radius 3 is 2.16 bits per heavy atom. The van der Waals surface area contributed by atoms with Crippen molar-refractivity contribution >= 4 is 17.1 Å². The molecule has 0 fully saturated rings. The minimum Gasteiger partial charge on any atom is -0.384 e. The number of rotatable bonds is 5. The summed E-state index contributed by atoms with van der Waals surface area (Å²) in [5, 5.41) is 11.0. The highest BCUT2D eigenvalue weighted by molar-refractivity contribution is 5.84. The third kappa shape index (κ3) is 3.51. The van der Waals surface area contributed by atoms with E-state index in [1.807, 2.05) is 18.2 Å². The highest BCUT2D eigenvalue weighted by Gasteiger charge is 2.27. The van der Waals surface area contributed by atoms with Crippen LogP contribution in [0.15, 0.2) is 84.9 Å². The Kier molecular flexibility index (Phi) is 5.32. The first-order chi connectivity index (χ1) is 15.6. The lowest BCUT2D eigenvalue weighted by Crippen LogP contribution is -2.11. The molecule has 0 bridgehead atoms. The van der Waals surface area contributed by atoms with E-state index in [-0.39, 0.29) is 0 Å². The SMILES string of the molecule is CCCc1cc(N(c2ccc(C)cc2)c2ccc3c(c2)[C@@H](O)c2ccccc2-3)ccc1C. The van der Waals surface area contributed by atoms with Crippen molar-refractivity contribution in [3.05, 3.63) is 113 Å². The Bertz CT molecular complexity index is 1270. The van der Waals surface area contributed by atoms with E-state index in [9.17, 15) is 5.11 Å². The van der Waals surface area contributed by atoms with Crippen molar-refractivity contribution in [2.45, 2.75) is 39.7 Å². The Labute approximate surface area is 190 Å². The topological polar surface area (TPSA) is 23.5 Å². The maximum atomic E-state index is 11.0. The van der Waals surface area contributed by atoms with Crippen LogP contribution in [-0.4, -0.2) is 5.11 Å². The van der Waals surface area contributed by atoms with Gasteiger partial charge in [-0.2, -0.15) is 0 Å². The van der Waals surface area contributed by atoms with Crippen molar-refractivity contribution in [2.24, 2.45) is 0 Å². The van der Waals surface area contributed by atoms with Crippen LogP contribution < -0.4 is 4.90 Å². The van der Waals surface area contributed by atoms with Gasteiger partial charge in [-0.05, 0) is 90.0 Å². The smallest absolute Gasteiger partial charge is 0.105 e. The lowest BCUT2D eigenvalue weighted by molar-refractivity contribution is 0.225. The van der Waals surface area contributed by atoms with Gasteiger partial charge in [0, 0.05) is 17.1 Å². The maximum absolute atomic E-state index is 11.0. The van der Waals surface area contributed by atoms with E-state index < -0.39 is 6.10 Å². The molecule has 0 saturated carbocycles. The Morgan fingerprint density at radius 1 is 0.719 bits per heavy atom. The van der Waals surface area contributed by atoms with Crippen LogP contribution in [0.25, 0.3) is 11.1 Å². The quantitative estimate of drug-likeness (QED) is 0.357. The molecule has 4 aromatic rings. The number of nitrogens with zero attached hydrogens (tertiary/aromatic N) is 1. The standard InChI is InChI=1S/C30H29NO/c1-4-7-22-18-24(15-12-21(22)3)31(23-13-10-20(2)11-14-23)25-16-17-27-26-8-5-6-9-28(26)30(32)29(27)19-25/h5-6,8-19,30,32H,4,7H2,1-3H3/t30-/m0/s1. The number of aliphatic hydroxyl groups excluding tert-OH is 1. The van der Waals surface area contributed by atoms with Crippen LogP contribution >= 0.6 is 0 Å². The molecule has 1 aliphatic carbocycles. The Morgan fingerprint density at radius 2 is 1.38 bits per heavy atom. The van der Waals surface area contributed by atoms with Crippen molar-refractivity contribution in [1.29, 1.82) is 0 Å². The summed E-state index contributed by atoms with van der Waals surface area (Å²) < 4.78 is 0. The summed E-state index contributed by atoms with van der Waals surface area (Å²) in [7, 11) is 0. The number of anilines is 3. The molecule has 4 aromatic carbocycles. The summed E-state index contributed by atoms with van der Waals surface area (Å²) in [6.07, 6.45) is 1.60. The molecule has 1 N–H and O–H groups in total. The van der Waals surface area contributed by atoms with E-state index in [1.165, 1.54) is 16.7 Å². The van der Waals surface area contributed by atoms with Gasteiger partial charge >= 0.3 is 0 Å². The predicted molar refractivity (Wildman–Crippen MR) is 134 cm³/mol. The lowest BCUT2D eigenvalue weighted by atomic mass is 10.0. The number of fused-ring (bicyclic) bond motifs is 3. The van der Waals surface area contributed by atoms with Gasteiger partial charge in [0.15, 0.2) is 0 Å². The van der Waals surface area contributed by atoms with Crippen LogP contribution in [0.5, 0.6) is 0 Å². The number of benzene rings is 4. The highest BCUT2D eigenvalue weighted by Crippen LogP contribution is 2.46. The molecule has 0 aromatic heterocycles. The first-order valence-electron chi connectivity index (χ1n) is 11.4. The maximum Gasteiger partial charge on any atom is 0.105 e. The molecule has 2 nitrogen and oxygen atoms in total. The van der Waals surface area contributed by atoms with Crippen LogP contribution in [0.2, 0.25) is 0 Å². The van der Waals surface area contributed by atoms with Crippen molar-refractivity contribution < 1.29 is 5.11 Å². The summed E-state index contributed by atoms with van der Waals surface area (Å²) in [6, 6.07) is 30.0. The summed E-state index contributed by atoms with van der Waals surface area (Å²) in [5.41, 5.74) is 11.5. The molecule has 5 rings (SSSR count). The third-order valence-electron chi connectivity index (χ3n) is 6.54. The number of hydrogen-bond donors (Lipinski definition) is 1. The van der Waals surface area contributed by atoms with Crippen LogP contribution in [0.3, 0.4) is 0 Å². The van der Waals surface area contributed by atoms with E-state index in [2.05, 4.69) is 92.4 Å². The third-order valence-corrected chi connectivity index (χ3v) is 6.54. The average Bonchev–Trinajstić information content (AvgIpc) is 3.09. The molecule has 32 heavy (non-hydrogen) atoms. The first-order valence-corrected chi connectivity index (χ1v) is 11.4. The summed E-state index contributed by atoms with van der Waals surface area (Å²) in [5.74, 6) is 0. The molecule has 160 valence electrons. The Hall–Kier alpha value is -3.36. The fourth-order valence-corrected chi connectivity index (χ4v) is 4.79. The normalized spacial score (nSPS) is 14.2. The second-order valence-corrected chi connectivity index (χ2v) is 8.79. The van der Waals surface area contributed by atoms with Gasteiger partial charge < -0.3 is 10.0 Å². The van der Waals surface area contributed by atoms with Crippen molar-refractivity contribution in [1.82, 2.24) is 0 Å². The molecule has 0 radical (unpaired) electrons. The van der Waals surface area contributed by atoms with E-state index in [0.717, 1.165) is 52.2 Å². The zero-order chi connectivity index (χ0) is 22.2. The minimum atomic E-state index is -0.588. The van der Waals surface area contributed by atoms with Gasteiger partial charge in [-0.15, -0.1) is 0 Å². The summed E-state index contributed by atoms with van der Waals surface area (Å²) in [4.78, 5) is 2.30. The highest BCUT2D eigenvalue weighted by atomic mass is 16.3. The molecule has 0 heterocycles. The predicted octanol–water partition coefficient (Wildman–Crippen LogP) is 7.79. The molecule has 0 saturated heterocycles. The van der Waals surface area contributed by atoms with Crippen molar-refractivity contribution in [3.8, 4) is 11.1 Å². The number of hydrogen-bond acceptors (Lipinski definition) is 2. The monoisotopic (exact) mass is 419 g/mol. The molecule has 0 spiro atoms. The van der Waals surface area contributed by atoms with Crippen molar-refractivity contribution in [2.75, 3.05) is 4.90 Å². The van der Waals surface area contributed by atoms with Crippen LogP contribution in [0.4, 0.5) is 17.1 Å². The van der Waals surface area contributed by atoms with Gasteiger partial charge in [0.2, 0.25) is 0 Å². The van der Waals surface area contributed by atoms with Crippen molar-refractivity contribution in [3.63, 3.8) is 0 Å². The Balaban J connectivity index is 1.66. The minimum absolute atomic E-state index is 0.588. The summed E-state index contributed by atoms with van der Waals surface area (Å²) >= 11 is 0. The van der Waals surface area contributed by atoms with Gasteiger partial charge in [-0.1, -0.05) is 67.4 Å².